The van der Waals surface area contributed by atoms with Gasteiger partial charge in [-0.25, -0.2) is 0 Å². The average Bonchev–Trinajstić information content (AvgIpc) is 2.87. The van der Waals surface area contributed by atoms with E-state index in [1.807, 2.05) is 104 Å². The van der Waals surface area contributed by atoms with Crippen molar-refractivity contribution < 1.29 is 32.0 Å². The molecule has 0 aromatic heterocycles. The molecule has 3 rings (SSSR count). The van der Waals surface area contributed by atoms with Crippen LogP contribution < -0.4 is 15.6 Å². The van der Waals surface area contributed by atoms with Gasteiger partial charge >= 0.3 is 20.5 Å². The van der Waals surface area contributed by atoms with Crippen LogP contribution in [0.1, 0.15) is 6.42 Å². The van der Waals surface area contributed by atoms with Crippen molar-refractivity contribution in [1.82, 2.24) is 0 Å². The second-order valence-corrected chi connectivity index (χ2v) is 21.6. The molecule has 0 saturated heterocycles. The molecule has 0 saturated carbocycles. The van der Waals surface area contributed by atoms with Crippen LogP contribution in [0.15, 0.2) is 91.0 Å². The molecule has 3 aromatic rings. The Morgan fingerprint density at radius 2 is 0.947 bits per heavy atom. The minimum Gasteiger partial charge on any atom is -0.439 e. The molecule has 7 nitrogen and oxygen atoms in total. The maximum Gasteiger partial charge on any atom is 0.324 e. The normalized spacial score (nSPS) is 12.1. The second kappa shape index (κ2) is 13.3. The van der Waals surface area contributed by atoms with Crippen molar-refractivity contribution in [3.63, 3.8) is 0 Å². The fraction of sp³-hybridized carbons (Fsp3) is 0.286. The molecule has 0 aliphatic heterocycles. The van der Waals surface area contributed by atoms with Crippen molar-refractivity contribution in [2.45, 2.75) is 39.2 Å². The number of carbonyl (C=O) groups is 2. The maximum atomic E-state index is 12.5. The zero-order valence-electron chi connectivity index (χ0n) is 22.6. The topological polar surface area (TPSA) is 80.3 Å². The molecule has 0 aliphatic rings. The van der Waals surface area contributed by atoms with Crippen molar-refractivity contribution in [2.75, 3.05) is 13.6 Å². The van der Waals surface area contributed by atoms with Crippen molar-refractivity contribution in [3.8, 4) is 0 Å². The lowest BCUT2D eigenvalue weighted by molar-refractivity contribution is -0.161. The minimum atomic E-state index is -3.01. The standard InChI is InChI=1S/C28H36O7Si3/c1-36(2,3)35-37(4,5)33-22-31-27(29)21-28(30)32-23-34-38(24-15-9-6-10-16-24,25-17-11-7-12-18-25)26-19-13-8-14-20-26/h6-20H,21-23H2,1-5H3. The van der Waals surface area contributed by atoms with Gasteiger partial charge < -0.3 is 22.4 Å². The fourth-order valence-corrected chi connectivity index (χ4v) is 14.4. The zero-order valence-corrected chi connectivity index (χ0v) is 25.6. The second-order valence-electron chi connectivity index (χ2n) is 10.1. The van der Waals surface area contributed by atoms with E-state index in [-0.39, 0.29) is 13.6 Å². The van der Waals surface area contributed by atoms with Crippen LogP contribution in [0.3, 0.4) is 0 Å². The smallest absolute Gasteiger partial charge is 0.324 e. The van der Waals surface area contributed by atoms with Gasteiger partial charge in [0.2, 0.25) is 0 Å². The van der Waals surface area contributed by atoms with Gasteiger partial charge in [-0.2, -0.15) is 0 Å². The number of esters is 2. The van der Waals surface area contributed by atoms with Crippen molar-refractivity contribution in [2.24, 2.45) is 0 Å². The maximum absolute atomic E-state index is 12.5. The predicted molar refractivity (Wildman–Crippen MR) is 155 cm³/mol. The van der Waals surface area contributed by atoms with Gasteiger partial charge in [-0.15, -0.1) is 0 Å². The summed E-state index contributed by atoms with van der Waals surface area (Å²) in [6.45, 7) is 9.43. The van der Waals surface area contributed by atoms with Gasteiger partial charge in [-0.3, -0.25) is 9.59 Å². The summed E-state index contributed by atoms with van der Waals surface area (Å²) in [5, 5.41) is 3.03. The molecule has 202 valence electrons. The molecule has 0 amide bonds. The highest BCUT2D eigenvalue weighted by Crippen LogP contribution is 2.15. The van der Waals surface area contributed by atoms with Gasteiger partial charge in [0.1, 0.15) is 6.42 Å². The van der Waals surface area contributed by atoms with Crippen LogP contribution in [0.5, 0.6) is 0 Å². The molecule has 10 heteroatoms. The Bertz CT molecular complexity index is 1070. The van der Waals surface area contributed by atoms with E-state index in [9.17, 15) is 9.59 Å². The molecular formula is C28H36O7Si3. The van der Waals surface area contributed by atoms with E-state index in [0.717, 1.165) is 15.6 Å². The largest absolute Gasteiger partial charge is 0.439 e. The number of rotatable bonds is 13. The molecule has 3 aromatic carbocycles. The SMILES string of the molecule is C[Si](C)(C)O[Si](C)(C)OCOC(=O)CC(=O)OCO[Si](c1ccccc1)(c1ccccc1)c1ccccc1. The van der Waals surface area contributed by atoms with Gasteiger partial charge in [0.15, 0.2) is 21.9 Å². The van der Waals surface area contributed by atoms with Crippen molar-refractivity contribution in [3.05, 3.63) is 91.0 Å². The van der Waals surface area contributed by atoms with E-state index in [1.165, 1.54) is 0 Å². The summed E-state index contributed by atoms with van der Waals surface area (Å²) >= 11 is 0. The molecule has 0 bridgehead atoms. The summed E-state index contributed by atoms with van der Waals surface area (Å²) in [6.07, 6.45) is -0.542. The first-order chi connectivity index (χ1) is 18.0. The van der Waals surface area contributed by atoms with E-state index in [1.54, 1.807) is 0 Å². The van der Waals surface area contributed by atoms with Gasteiger partial charge in [-0.1, -0.05) is 91.0 Å². The summed E-state index contributed by atoms with van der Waals surface area (Å²) < 4.78 is 28.7. The summed E-state index contributed by atoms with van der Waals surface area (Å²) in [5.41, 5.74) is 0. The predicted octanol–water partition coefficient (Wildman–Crippen LogP) is 3.63. The molecule has 0 radical (unpaired) electrons. The van der Waals surface area contributed by atoms with E-state index in [0.29, 0.717) is 0 Å². The number of ether oxygens (including phenoxy) is 2. The first-order valence-electron chi connectivity index (χ1n) is 12.5. The number of hydrogen-bond acceptors (Lipinski definition) is 7. The monoisotopic (exact) mass is 568 g/mol. The highest BCUT2D eigenvalue weighted by atomic mass is 28.4. The van der Waals surface area contributed by atoms with Crippen LogP contribution in [-0.2, 0) is 32.0 Å². The molecule has 0 heterocycles. The van der Waals surface area contributed by atoms with Gasteiger partial charge in [-0.05, 0) is 48.3 Å². The highest BCUT2D eigenvalue weighted by molar-refractivity contribution is 7.07. The number of carbonyl (C=O) groups excluding carboxylic acids is 2. The Morgan fingerprint density at radius 1 is 0.579 bits per heavy atom. The molecule has 0 fully saturated rings. The minimum absolute atomic E-state index is 0.266. The average molecular weight is 569 g/mol. The van der Waals surface area contributed by atoms with Crippen LogP contribution in [0.25, 0.3) is 0 Å². The van der Waals surface area contributed by atoms with E-state index >= 15 is 0 Å². The third-order valence-electron chi connectivity index (χ3n) is 5.50. The molecule has 0 aliphatic carbocycles. The highest BCUT2D eigenvalue weighted by Gasteiger charge is 2.42. The Balaban J connectivity index is 1.66. The molecule has 38 heavy (non-hydrogen) atoms. The lowest BCUT2D eigenvalue weighted by atomic mass is 10.3. The molecule has 0 atom stereocenters. The zero-order chi connectivity index (χ0) is 27.7. The Morgan fingerprint density at radius 3 is 1.32 bits per heavy atom. The third kappa shape index (κ3) is 8.58. The molecular weight excluding hydrogens is 533 g/mol. The summed E-state index contributed by atoms with van der Waals surface area (Å²) in [4.78, 5) is 24.7. The van der Waals surface area contributed by atoms with E-state index < -0.39 is 43.6 Å². The van der Waals surface area contributed by atoms with E-state index in [4.69, 9.17) is 22.4 Å². The lowest BCUT2D eigenvalue weighted by Gasteiger charge is -2.32. The third-order valence-corrected chi connectivity index (χ3v) is 14.7. The fourth-order valence-electron chi connectivity index (χ4n) is 4.18. The Hall–Kier alpha value is -2.87. The number of benzene rings is 3. The summed E-state index contributed by atoms with van der Waals surface area (Å²) in [6, 6.07) is 29.8. The van der Waals surface area contributed by atoms with Crippen molar-refractivity contribution in [1.29, 1.82) is 0 Å². The van der Waals surface area contributed by atoms with Crippen molar-refractivity contribution >= 4 is 52.7 Å². The van der Waals surface area contributed by atoms with Crippen LogP contribution >= 0.6 is 0 Å². The Labute approximate surface area is 228 Å². The van der Waals surface area contributed by atoms with Crippen LogP contribution in [-0.4, -0.2) is 50.7 Å². The quantitative estimate of drug-likeness (QED) is 0.102. The lowest BCUT2D eigenvalue weighted by Crippen LogP contribution is -2.69. The molecule has 0 spiro atoms. The van der Waals surface area contributed by atoms with Crippen LogP contribution in [0.4, 0.5) is 0 Å². The number of hydrogen-bond donors (Lipinski definition) is 0. The van der Waals surface area contributed by atoms with E-state index in [2.05, 4.69) is 19.6 Å². The molecule has 0 N–H and O–H groups in total. The van der Waals surface area contributed by atoms with Gasteiger partial charge in [0.05, 0.1) is 0 Å². The Kier molecular flexibility index (Phi) is 10.4. The van der Waals surface area contributed by atoms with Crippen LogP contribution in [0, 0.1) is 0 Å². The van der Waals surface area contributed by atoms with Crippen LogP contribution in [0.2, 0.25) is 32.7 Å². The van der Waals surface area contributed by atoms with Gasteiger partial charge in [0.25, 0.3) is 8.32 Å². The van der Waals surface area contributed by atoms with Gasteiger partial charge in [0, 0.05) is 0 Å². The first kappa shape index (κ1) is 29.7. The molecule has 0 unspecified atom stereocenters. The summed E-state index contributed by atoms with van der Waals surface area (Å²) in [7, 11) is -7.23. The first-order valence-corrected chi connectivity index (χ1v) is 20.6. The summed E-state index contributed by atoms with van der Waals surface area (Å²) in [5.74, 6) is -1.47.